The lowest BCUT2D eigenvalue weighted by atomic mass is 9.94. The largest absolute Gasteiger partial charge is 0.353 e. The number of nitrogens with one attached hydrogen (secondary N) is 1. The first-order valence-corrected chi connectivity index (χ1v) is 14.3. The number of piperazine rings is 1. The molecule has 2 aliphatic heterocycles. The minimum absolute atomic E-state index is 0.00839. The molecule has 0 saturated carbocycles. The van der Waals surface area contributed by atoms with Gasteiger partial charge in [0.15, 0.2) is 5.16 Å². The molecule has 10 heteroatoms. The molecule has 2 aromatic rings. The number of piperidine rings is 1. The molecule has 200 valence electrons. The Morgan fingerprint density at radius 3 is 2.35 bits per heavy atom. The number of carbonyl (C=O) groups is 2. The maximum absolute atomic E-state index is 12.6. The monoisotopic (exact) mass is 544 g/mol. The molecule has 8 nitrogen and oxygen atoms in total. The summed E-state index contributed by atoms with van der Waals surface area (Å²) >= 11 is 7.59. The molecule has 1 aromatic carbocycles. The Morgan fingerprint density at radius 1 is 1.03 bits per heavy atom. The number of amides is 2. The van der Waals surface area contributed by atoms with Crippen LogP contribution in [-0.2, 0) is 16.1 Å². The second-order valence-corrected chi connectivity index (χ2v) is 12.1. The summed E-state index contributed by atoms with van der Waals surface area (Å²) in [5, 5.41) is 4.01. The molecule has 0 bridgehead atoms. The first-order valence-electron chi connectivity index (χ1n) is 12.9. The number of carbonyl (C=O) groups excluding carboxylic acids is 2. The molecule has 0 aliphatic carbocycles. The quantitative estimate of drug-likeness (QED) is 0.323. The minimum Gasteiger partial charge on any atom is -0.353 e. The molecule has 2 fully saturated rings. The zero-order valence-electron chi connectivity index (χ0n) is 22.0. The summed E-state index contributed by atoms with van der Waals surface area (Å²) in [7, 11) is 0. The summed E-state index contributed by atoms with van der Waals surface area (Å²) in [6.07, 6.45) is 1.90. The number of nitrogens with zero attached hydrogens (tertiary/aromatic N) is 5. The van der Waals surface area contributed by atoms with Crippen molar-refractivity contribution < 1.29 is 9.59 Å². The number of anilines is 1. The van der Waals surface area contributed by atoms with Gasteiger partial charge in [-0.05, 0) is 18.4 Å². The number of halogens is 1. The molecule has 3 heterocycles. The van der Waals surface area contributed by atoms with E-state index in [1.54, 1.807) is 6.07 Å². The van der Waals surface area contributed by atoms with Crippen LogP contribution in [0.1, 0.15) is 39.2 Å². The zero-order valence-corrected chi connectivity index (χ0v) is 23.5. The Kier molecular flexibility index (Phi) is 9.31. The van der Waals surface area contributed by atoms with Gasteiger partial charge in [0.2, 0.25) is 11.8 Å². The maximum Gasteiger partial charge on any atom is 0.230 e. The van der Waals surface area contributed by atoms with E-state index < -0.39 is 0 Å². The minimum atomic E-state index is -0.385. The summed E-state index contributed by atoms with van der Waals surface area (Å²) in [6.45, 7) is 11.4. The van der Waals surface area contributed by atoms with Gasteiger partial charge < -0.3 is 15.1 Å². The highest BCUT2D eigenvalue weighted by molar-refractivity contribution is 7.99. The first-order chi connectivity index (χ1) is 17.7. The number of hydrogen-bond acceptors (Lipinski definition) is 7. The highest BCUT2D eigenvalue weighted by Gasteiger charge is 2.30. The van der Waals surface area contributed by atoms with Crippen molar-refractivity contribution >= 4 is 41.0 Å². The summed E-state index contributed by atoms with van der Waals surface area (Å²) in [4.78, 5) is 40.6. The van der Waals surface area contributed by atoms with Crippen molar-refractivity contribution in [1.29, 1.82) is 0 Å². The van der Waals surface area contributed by atoms with Crippen LogP contribution in [0.25, 0.3) is 0 Å². The molecular weight excluding hydrogens is 508 g/mol. The fraction of sp³-hybridized carbons (Fsp3) is 0.556. The number of rotatable bonds is 7. The fourth-order valence-corrected chi connectivity index (χ4v) is 5.59. The van der Waals surface area contributed by atoms with Crippen LogP contribution in [0.4, 0.5) is 5.82 Å². The zero-order chi connectivity index (χ0) is 26.4. The molecule has 1 N–H and O–H groups in total. The van der Waals surface area contributed by atoms with E-state index >= 15 is 0 Å². The molecule has 0 spiro atoms. The number of likely N-dealkylation sites (tertiary alicyclic amines) is 1. The predicted molar refractivity (Wildman–Crippen MR) is 149 cm³/mol. The number of hydrogen-bond donors (Lipinski definition) is 1. The van der Waals surface area contributed by atoms with Gasteiger partial charge in [-0.3, -0.25) is 14.5 Å². The fourth-order valence-electron chi connectivity index (χ4n) is 4.70. The van der Waals surface area contributed by atoms with Crippen LogP contribution in [-0.4, -0.2) is 82.6 Å². The van der Waals surface area contributed by atoms with E-state index in [1.165, 1.54) is 17.3 Å². The molecule has 0 radical (unpaired) electrons. The van der Waals surface area contributed by atoms with Gasteiger partial charge in [-0.15, -0.1) is 0 Å². The molecule has 1 aromatic heterocycles. The topological polar surface area (TPSA) is 81.7 Å². The van der Waals surface area contributed by atoms with Crippen molar-refractivity contribution in [3.05, 3.63) is 47.1 Å². The van der Waals surface area contributed by atoms with Gasteiger partial charge in [0, 0.05) is 63.3 Å². The van der Waals surface area contributed by atoms with Crippen LogP contribution < -0.4 is 10.2 Å². The molecule has 0 unspecified atom stereocenters. The van der Waals surface area contributed by atoms with Crippen LogP contribution >= 0.6 is 23.4 Å². The Hall–Kier alpha value is -2.36. The van der Waals surface area contributed by atoms with Crippen LogP contribution in [0.5, 0.6) is 0 Å². The maximum atomic E-state index is 12.6. The van der Waals surface area contributed by atoms with Gasteiger partial charge in [0.25, 0.3) is 0 Å². The predicted octanol–water partition coefficient (Wildman–Crippen LogP) is 3.70. The van der Waals surface area contributed by atoms with Crippen molar-refractivity contribution in [2.24, 2.45) is 5.41 Å². The Bertz CT molecular complexity index is 1060. The number of thioether (sulfide) groups is 1. The summed E-state index contributed by atoms with van der Waals surface area (Å²) in [6, 6.07) is 12.4. The highest BCUT2D eigenvalue weighted by atomic mass is 35.5. The SMILES string of the molecule is CC(C)(C)C(=O)N1CCN(c2cc(Cl)nc(SCC(=O)NC3CCN(Cc4ccccc4)CC3)n2)CC1. The Labute approximate surface area is 229 Å². The molecule has 0 atom stereocenters. The third-order valence-electron chi connectivity index (χ3n) is 6.73. The van der Waals surface area contributed by atoms with Gasteiger partial charge in [-0.1, -0.05) is 74.5 Å². The van der Waals surface area contributed by atoms with E-state index in [0.29, 0.717) is 36.5 Å². The Morgan fingerprint density at radius 2 is 1.70 bits per heavy atom. The van der Waals surface area contributed by atoms with Gasteiger partial charge in [0.1, 0.15) is 11.0 Å². The summed E-state index contributed by atoms with van der Waals surface area (Å²) in [5.41, 5.74) is 0.937. The third kappa shape index (κ3) is 8.06. The van der Waals surface area contributed by atoms with Gasteiger partial charge in [-0.2, -0.15) is 0 Å². The van der Waals surface area contributed by atoms with Crippen LogP contribution in [0.15, 0.2) is 41.6 Å². The molecule has 4 rings (SSSR count). The van der Waals surface area contributed by atoms with Gasteiger partial charge >= 0.3 is 0 Å². The Balaban J connectivity index is 1.22. The van der Waals surface area contributed by atoms with Gasteiger partial charge in [-0.25, -0.2) is 9.97 Å². The van der Waals surface area contributed by atoms with E-state index in [4.69, 9.17) is 11.6 Å². The lowest BCUT2D eigenvalue weighted by Crippen LogP contribution is -2.51. The third-order valence-corrected chi connectivity index (χ3v) is 7.77. The highest BCUT2D eigenvalue weighted by Crippen LogP contribution is 2.24. The van der Waals surface area contributed by atoms with E-state index in [9.17, 15) is 9.59 Å². The molecule has 2 saturated heterocycles. The average Bonchev–Trinajstić information content (AvgIpc) is 2.88. The molecule has 2 amide bonds. The first kappa shape index (κ1) is 27.7. The van der Waals surface area contributed by atoms with E-state index in [2.05, 4.69) is 49.4 Å². The lowest BCUT2D eigenvalue weighted by Gasteiger charge is -2.38. The van der Waals surface area contributed by atoms with Crippen molar-refractivity contribution in [3.8, 4) is 0 Å². The van der Waals surface area contributed by atoms with E-state index in [-0.39, 0.29) is 29.0 Å². The van der Waals surface area contributed by atoms with Crippen LogP contribution in [0.3, 0.4) is 0 Å². The summed E-state index contributed by atoms with van der Waals surface area (Å²) < 4.78 is 0. The van der Waals surface area contributed by atoms with Crippen molar-refractivity contribution in [1.82, 2.24) is 25.1 Å². The summed E-state index contributed by atoms with van der Waals surface area (Å²) in [5.74, 6) is 1.14. The second kappa shape index (κ2) is 12.5. The van der Waals surface area contributed by atoms with E-state index in [0.717, 1.165) is 38.3 Å². The normalized spacial score (nSPS) is 17.6. The number of aromatic nitrogens is 2. The van der Waals surface area contributed by atoms with E-state index in [1.807, 2.05) is 31.7 Å². The smallest absolute Gasteiger partial charge is 0.230 e. The van der Waals surface area contributed by atoms with Crippen LogP contribution in [0.2, 0.25) is 5.15 Å². The molecule has 2 aliphatic rings. The van der Waals surface area contributed by atoms with Crippen molar-refractivity contribution in [3.63, 3.8) is 0 Å². The second-order valence-electron chi connectivity index (χ2n) is 10.8. The van der Waals surface area contributed by atoms with Crippen molar-refractivity contribution in [2.45, 2.75) is 51.4 Å². The number of benzene rings is 1. The molecular formula is C27H37ClN6O2S. The van der Waals surface area contributed by atoms with Gasteiger partial charge in [0.05, 0.1) is 5.75 Å². The van der Waals surface area contributed by atoms with Crippen LogP contribution in [0, 0.1) is 5.41 Å². The van der Waals surface area contributed by atoms with Crippen molar-refractivity contribution in [2.75, 3.05) is 49.9 Å². The molecule has 37 heavy (non-hydrogen) atoms. The average molecular weight is 545 g/mol. The standard InChI is InChI=1S/C27H37ClN6O2S/c1-27(2,3)25(36)34-15-13-33(14-16-34)23-17-22(28)30-26(31-23)37-19-24(35)29-21-9-11-32(12-10-21)18-20-7-5-4-6-8-20/h4-8,17,21H,9-16,18-19H2,1-3H3,(H,29,35). The lowest BCUT2D eigenvalue weighted by molar-refractivity contribution is -0.139.